The van der Waals surface area contributed by atoms with Crippen molar-refractivity contribution < 1.29 is 0 Å². The average molecular weight is 285 g/mol. The zero-order chi connectivity index (χ0) is 15.0. The van der Waals surface area contributed by atoms with E-state index in [1.165, 1.54) is 4.57 Å². The van der Waals surface area contributed by atoms with Gasteiger partial charge in [-0.3, -0.25) is 14.3 Å². The summed E-state index contributed by atoms with van der Waals surface area (Å²) >= 11 is 0. The summed E-state index contributed by atoms with van der Waals surface area (Å²) in [6, 6.07) is 9.89. The molecule has 7 nitrogen and oxygen atoms in total. The van der Waals surface area contributed by atoms with Crippen LogP contribution in [0.4, 0.5) is 5.95 Å². The molecule has 0 aliphatic carbocycles. The summed E-state index contributed by atoms with van der Waals surface area (Å²) in [4.78, 5) is 30.0. The lowest BCUT2D eigenvalue weighted by molar-refractivity contribution is 0.721. The number of benzene rings is 1. The molecule has 0 fully saturated rings. The van der Waals surface area contributed by atoms with E-state index in [-0.39, 0.29) is 5.95 Å². The van der Waals surface area contributed by atoms with Crippen molar-refractivity contribution in [1.82, 2.24) is 19.1 Å². The van der Waals surface area contributed by atoms with Crippen molar-refractivity contribution in [3.05, 3.63) is 56.7 Å². The van der Waals surface area contributed by atoms with Crippen molar-refractivity contribution in [2.75, 3.05) is 5.73 Å². The van der Waals surface area contributed by atoms with Crippen molar-refractivity contribution >= 4 is 17.1 Å². The van der Waals surface area contributed by atoms with Crippen LogP contribution < -0.4 is 17.0 Å². The maximum Gasteiger partial charge on any atom is 0.329 e. The summed E-state index contributed by atoms with van der Waals surface area (Å²) in [6.45, 7) is 0.521. The zero-order valence-electron chi connectivity index (χ0n) is 11.5. The van der Waals surface area contributed by atoms with Crippen LogP contribution in [0.1, 0.15) is 5.56 Å². The maximum absolute atomic E-state index is 12.0. The van der Waals surface area contributed by atoms with Gasteiger partial charge in [-0.1, -0.05) is 30.3 Å². The fourth-order valence-electron chi connectivity index (χ4n) is 2.36. The first-order valence-corrected chi connectivity index (χ1v) is 6.57. The molecule has 0 unspecified atom stereocenters. The van der Waals surface area contributed by atoms with Gasteiger partial charge in [-0.2, -0.15) is 4.98 Å². The highest BCUT2D eigenvalue weighted by Crippen LogP contribution is 2.13. The summed E-state index contributed by atoms with van der Waals surface area (Å²) in [7, 11) is 1.55. The van der Waals surface area contributed by atoms with E-state index in [1.807, 2.05) is 30.3 Å². The standard InChI is InChI=1S/C14H15N5O2/c1-18-11-10(12(20)17-14(18)21)19(13(15)16-11)8-7-9-5-3-2-4-6-9/h2-6H,7-8H2,1H3,(H2,15,16)(H,17,20,21). The molecule has 0 bridgehead atoms. The van der Waals surface area contributed by atoms with E-state index in [1.54, 1.807) is 11.6 Å². The Morgan fingerprint density at radius 1 is 1.24 bits per heavy atom. The first kappa shape index (κ1) is 13.2. The smallest absolute Gasteiger partial charge is 0.329 e. The molecule has 0 saturated heterocycles. The third-order valence-electron chi connectivity index (χ3n) is 3.50. The Hall–Kier alpha value is -2.83. The van der Waals surface area contributed by atoms with Gasteiger partial charge in [0, 0.05) is 13.6 Å². The molecule has 21 heavy (non-hydrogen) atoms. The number of imidazole rings is 1. The predicted molar refractivity (Wildman–Crippen MR) is 80.2 cm³/mol. The van der Waals surface area contributed by atoms with Gasteiger partial charge in [0.15, 0.2) is 11.2 Å². The number of rotatable bonds is 3. The largest absolute Gasteiger partial charge is 0.369 e. The van der Waals surface area contributed by atoms with Crippen molar-refractivity contribution in [3.63, 3.8) is 0 Å². The van der Waals surface area contributed by atoms with Crippen LogP contribution in [-0.4, -0.2) is 19.1 Å². The van der Waals surface area contributed by atoms with E-state index < -0.39 is 11.2 Å². The molecule has 0 atom stereocenters. The summed E-state index contributed by atoms with van der Waals surface area (Å²) in [6.07, 6.45) is 0.721. The van der Waals surface area contributed by atoms with Crippen molar-refractivity contribution in [2.45, 2.75) is 13.0 Å². The molecular weight excluding hydrogens is 270 g/mol. The Kier molecular flexibility index (Phi) is 3.09. The number of hydrogen-bond donors (Lipinski definition) is 2. The van der Waals surface area contributed by atoms with Crippen LogP contribution in [0.15, 0.2) is 39.9 Å². The third-order valence-corrected chi connectivity index (χ3v) is 3.50. The number of aryl methyl sites for hydroxylation is 3. The number of nitrogens with zero attached hydrogens (tertiary/aromatic N) is 3. The number of nitrogens with one attached hydrogen (secondary N) is 1. The summed E-state index contributed by atoms with van der Waals surface area (Å²) in [5.74, 6) is 0.229. The quantitative estimate of drug-likeness (QED) is 0.720. The normalized spacial score (nSPS) is 11.1. The molecule has 7 heteroatoms. The lowest BCUT2D eigenvalue weighted by atomic mass is 10.1. The molecule has 2 aromatic heterocycles. The van der Waals surface area contributed by atoms with E-state index in [9.17, 15) is 9.59 Å². The zero-order valence-corrected chi connectivity index (χ0v) is 11.5. The summed E-state index contributed by atoms with van der Waals surface area (Å²) in [5.41, 5.74) is 6.69. The molecule has 0 saturated carbocycles. The second kappa shape index (κ2) is 4.93. The fraction of sp³-hybridized carbons (Fsp3) is 0.214. The number of hydrogen-bond acceptors (Lipinski definition) is 4. The number of aromatic amines is 1. The third kappa shape index (κ3) is 2.22. The molecule has 0 aliphatic heterocycles. The van der Waals surface area contributed by atoms with E-state index >= 15 is 0 Å². The summed E-state index contributed by atoms with van der Waals surface area (Å²) in [5, 5.41) is 0. The molecule has 0 amide bonds. The van der Waals surface area contributed by atoms with Crippen LogP contribution in [0.2, 0.25) is 0 Å². The Bertz CT molecular complexity index is 905. The van der Waals surface area contributed by atoms with Crippen LogP contribution in [0, 0.1) is 0 Å². The van der Waals surface area contributed by atoms with Gasteiger partial charge in [0.2, 0.25) is 5.95 Å². The number of aromatic nitrogens is 4. The fourth-order valence-corrected chi connectivity index (χ4v) is 2.36. The van der Waals surface area contributed by atoms with Gasteiger partial charge >= 0.3 is 5.69 Å². The van der Waals surface area contributed by atoms with Crippen LogP contribution in [0.5, 0.6) is 0 Å². The van der Waals surface area contributed by atoms with Crippen LogP contribution in [0.3, 0.4) is 0 Å². The predicted octanol–water partition coefficient (Wildman–Crippen LogP) is 0.248. The molecule has 0 spiro atoms. The topological polar surface area (TPSA) is 98.7 Å². The molecule has 1 aromatic carbocycles. The minimum absolute atomic E-state index is 0.229. The number of H-pyrrole nitrogens is 1. The van der Waals surface area contributed by atoms with E-state index in [2.05, 4.69) is 9.97 Å². The maximum atomic E-state index is 12.0. The molecular formula is C14H15N5O2. The lowest BCUT2D eigenvalue weighted by Crippen LogP contribution is -2.29. The second-order valence-corrected chi connectivity index (χ2v) is 4.85. The van der Waals surface area contributed by atoms with E-state index in [0.29, 0.717) is 17.7 Å². The van der Waals surface area contributed by atoms with Gasteiger partial charge in [-0.25, -0.2) is 4.79 Å². The van der Waals surface area contributed by atoms with Crippen molar-refractivity contribution in [1.29, 1.82) is 0 Å². The SMILES string of the molecule is Cn1c(=O)[nH]c(=O)c2c1nc(N)n2CCc1ccccc1. The number of nitrogen functional groups attached to an aromatic ring is 1. The average Bonchev–Trinajstić information content (AvgIpc) is 2.81. The number of fused-ring (bicyclic) bond motifs is 1. The van der Waals surface area contributed by atoms with Gasteiger partial charge < -0.3 is 10.3 Å². The highest BCUT2D eigenvalue weighted by Gasteiger charge is 2.15. The minimum Gasteiger partial charge on any atom is -0.369 e. The Balaban J connectivity index is 2.07. The molecule has 0 radical (unpaired) electrons. The van der Waals surface area contributed by atoms with Crippen LogP contribution >= 0.6 is 0 Å². The molecule has 0 aliphatic rings. The first-order chi connectivity index (χ1) is 10.1. The molecule has 3 N–H and O–H groups in total. The molecule has 2 heterocycles. The Morgan fingerprint density at radius 2 is 1.95 bits per heavy atom. The summed E-state index contributed by atoms with van der Waals surface area (Å²) < 4.78 is 2.92. The number of nitrogens with two attached hydrogens (primary N) is 1. The van der Waals surface area contributed by atoms with E-state index in [0.717, 1.165) is 12.0 Å². The lowest BCUT2D eigenvalue weighted by Gasteiger charge is -2.06. The van der Waals surface area contributed by atoms with Gasteiger partial charge in [-0.15, -0.1) is 0 Å². The van der Waals surface area contributed by atoms with Crippen molar-refractivity contribution in [2.24, 2.45) is 7.05 Å². The molecule has 108 valence electrons. The monoisotopic (exact) mass is 285 g/mol. The molecule has 3 rings (SSSR count). The van der Waals surface area contributed by atoms with Gasteiger partial charge in [0.25, 0.3) is 5.56 Å². The molecule has 3 aromatic rings. The highest BCUT2D eigenvalue weighted by atomic mass is 16.2. The minimum atomic E-state index is -0.500. The van der Waals surface area contributed by atoms with Crippen LogP contribution in [0.25, 0.3) is 11.2 Å². The van der Waals surface area contributed by atoms with Gasteiger partial charge in [0.05, 0.1) is 0 Å². The van der Waals surface area contributed by atoms with Crippen LogP contribution in [-0.2, 0) is 20.0 Å². The Morgan fingerprint density at radius 3 is 2.67 bits per heavy atom. The Labute approximate surface area is 119 Å². The number of anilines is 1. The first-order valence-electron chi connectivity index (χ1n) is 6.57. The second-order valence-electron chi connectivity index (χ2n) is 4.85. The highest BCUT2D eigenvalue weighted by molar-refractivity contribution is 5.73. The van der Waals surface area contributed by atoms with Gasteiger partial charge in [-0.05, 0) is 12.0 Å². The van der Waals surface area contributed by atoms with Gasteiger partial charge in [0.1, 0.15) is 0 Å². The van der Waals surface area contributed by atoms with E-state index in [4.69, 9.17) is 5.73 Å². The van der Waals surface area contributed by atoms with Crippen molar-refractivity contribution in [3.8, 4) is 0 Å².